The van der Waals surface area contributed by atoms with Crippen LogP contribution in [0, 0.1) is 23.7 Å². The summed E-state index contributed by atoms with van der Waals surface area (Å²) in [5.74, 6) is 6.67. The summed E-state index contributed by atoms with van der Waals surface area (Å²) in [6, 6.07) is 37.3. The van der Waals surface area contributed by atoms with Gasteiger partial charge >= 0.3 is 37.9 Å². The molecule has 570 valence electrons. The average molecular weight is 1520 g/mol. The van der Waals surface area contributed by atoms with Crippen molar-refractivity contribution in [3.63, 3.8) is 0 Å². The van der Waals surface area contributed by atoms with Crippen LogP contribution in [0.2, 0.25) is 5.82 Å². The van der Waals surface area contributed by atoms with Crippen LogP contribution >= 0.6 is 15.9 Å². The molecule has 3 saturated heterocycles. The molecule has 6 fully saturated rings. The third kappa shape index (κ3) is 20.4. The molecule has 6 aromatic carbocycles. The van der Waals surface area contributed by atoms with Gasteiger partial charge in [0.2, 0.25) is 0 Å². The number of hydrogen-bond donors (Lipinski definition) is 6. The number of fused-ring (bicyclic) bond motifs is 3. The Morgan fingerprint density at radius 2 is 0.821 bits per heavy atom. The van der Waals surface area contributed by atoms with E-state index in [0.717, 1.165) is 124 Å². The first-order valence-corrected chi connectivity index (χ1v) is 38.0. The van der Waals surface area contributed by atoms with Gasteiger partial charge in [0.25, 0.3) is 0 Å². The zero-order valence-electron chi connectivity index (χ0n) is 62.4. The number of hydrogen-bond acceptors (Lipinski definition) is 20. The summed E-state index contributed by atoms with van der Waals surface area (Å²) in [6.45, 7) is 19.0. The molecule has 9 aliphatic rings. The van der Waals surface area contributed by atoms with Crippen molar-refractivity contribution in [1.82, 2.24) is 0 Å². The number of benzene rings is 6. The van der Waals surface area contributed by atoms with Gasteiger partial charge in [-0.3, -0.25) is 9.59 Å². The van der Waals surface area contributed by atoms with Gasteiger partial charge in [-0.15, -0.1) is 0 Å². The van der Waals surface area contributed by atoms with Crippen molar-refractivity contribution in [3.05, 3.63) is 175 Å². The fourth-order valence-electron chi connectivity index (χ4n) is 15.2. The van der Waals surface area contributed by atoms with Crippen molar-refractivity contribution in [2.75, 3.05) is 46.2 Å². The van der Waals surface area contributed by atoms with Crippen LogP contribution in [0.15, 0.2) is 114 Å². The SMILES string of the molecule is CC[C@H]1O[C@@H](c2ccc(Br)c(Cc3ccc4c(c3)OCCO4)c2)C(OC(C)=O)[C@@H](C)C1C.CC[C@H]1O[C@@H](c2ccc(C3CC3)c(Cc3ccc4c(c3)OCCO4)c2)[C@H](OC(C)=O)[C@@H](C)C1C.O.OB(O)C1CC1.OC[C@H]1O[C@@H](c2ccc(C3CC3)c(Cc3ccc4c(c3)OCCO4)c2)[C@H](O)[C@@H](O)C1O.[Li+].[OH-]. The van der Waals surface area contributed by atoms with Gasteiger partial charge in [-0.2, -0.15) is 0 Å². The first-order chi connectivity index (χ1) is 49.7. The second-order valence-electron chi connectivity index (χ2n) is 29.4. The molecule has 15 rings (SSSR count). The fraction of sp³-hybridized carbons (Fsp3) is 0.537. The molecular weight excluding hydrogens is 1420 g/mol. The predicted molar refractivity (Wildman–Crippen MR) is 397 cm³/mol. The number of carbonyl (C=O) groups is 2. The Hall–Kier alpha value is -6.24. The predicted octanol–water partition coefficient (Wildman–Crippen LogP) is 8.91. The molecule has 24 heteroatoms. The Morgan fingerprint density at radius 3 is 1.17 bits per heavy atom. The molecule has 9 N–H and O–H groups in total. The molecule has 6 aromatic rings. The summed E-state index contributed by atoms with van der Waals surface area (Å²) < 4.78 is 65.8. The molecule has 3 aliphatic carbocycles. The van der Waals surface area contributed by atoms with Gasteiger partial charge in [0.1, 0.15) is 94.6 Å². The standard InChI is InChI=1S/C29H36O5.C26H31BrO5.C24H28O7.C3H7BO2.Li.2H2O/c1-5-25-17(2)18(3)28(33-19(4)30)29(34-25)22-9-10-24(21-7-8-21)23(16-22)14-20-6-11-26-27(15-20)32-13-12-31-26;1-5-22-15(2)16(3)25(31-17(4)28)26(32-22)19-7-8-21(27)20(14-19)12-18-6-9-23-24(13-18)30-11-10-29-23;25-12-20-21(26)22(27)23(28)24(31-20)15-4-5-17(14-2-3-14)16(11-15)9-13-1-6-18-19(10-13)30-8-7-29-18;5-4(6)3-1-2-3;;;/h6,9-11,15-18,21,25,28-29H,5,7-8,12-14H2,1-4H3;6-9,13-16,22,25-26H,5,10-12H2,1-4H3;1,4-6,10-11,14,20-28H,2-3,7-9,12H2;3,5-6H,1-2H2;;2*1H2/q;;;;+1;;/p-1/t17?,18-,25+,28+,29-;15?,16-,22+,25?,26-;20-,21?,22+,23-,24+;;;;/m001..../s1. The van der Waals surface area contributed by atoms with Crippen molar-refractivity contribution >= 4 is 35.0 Å². The number of halogens is 1. The number of ether oxygens (including phenoxy) is 11. The average Bonchev–Trinajstić information content (AvgIpc) is 1.37. The van der Waals surface area contributed by atoms with Crippen molar-refractivity contribution in [2.24, 2.45) is 23.7 Å². The van der Waals surface area contributed by atoms with Gasteiger partial charge < -0.3 is 93.5 Å². The van der Waals surface area contributed by atoms with Crippen molar-refractivity contribution in [1.29, 1.82) is 0 Å². The molecule has 6 heterocycles. The van der Waals surface area contributed by atoms with Gasteiger partial charge in [0.15, 0.2) is 34.5 Å². The molecule has 0 radical (unpaired) electrons. The van der Waals surface area contributed by atoms with E-state index >= 15 is 0 Å². The Labute approximate surface area is 643 Å². The Bertz CT molecular complexity index is 3890. The zero-order valence-corrected chi connectivity index (χ0v) is 64.0. The maximum absolute atomic E-state index is 12.0. The number of carbonyl (C=O) groups excluding carboxylic acids is 2. The van der Waals surface area contributed by atoms with Crippen LogP contribution in [0.25, 0.3) is 0 Å². The molecule has 3 saturated carbocycles. The summed E-state index contributed by atoms with van der Waals surface area (Å²) in [4.78, 5) is 23.8. The van der Waals surface area contributed by atoms with Crippen LogP contribution in [0.5, 0.6) is 34.5 Å². The van der Waals surface area contributed by atoms with Gasteiger partial charge in [0, 0.05) is 30.2 Å². The second-order valence-corrected chi connectivity index (χ2v) is 30.2. The first kappa shape index (κ1) is 83.8. The summed E-state index contributed by atoms with van der Waals surface area (Å²) in [5, 5.41) is 56.8. The van der Waals surface area contributed by atoms with E-state index in [4.69, 9.17) is 62.2 Å². The second kappa shape index (κ2) is 37.9. The van der Waals surface area contributed by atoms with E-state index in [1.807, 2.05) is 48.5 Å². The minimum Gasteiger partial charge on any atom is -0.870 e. The normalized spacial score (nSPS) is 27.3. The van der Waals surface area contributed by atoms with Gasteiger partial charge in [-0.1, -0.05) is 137 Å². The summed E-state index contributed by atoms with van der Waals surface area (Å²) >= 11 is 3.71. The number of aliphatic hydroxyl groups is 4. The smallest absolute Gasteiger partial charge is 0.870 e. The largest absolute Gasteiger partial charge is 1.00 e. The molecule has 0 aromatic heterocycles. The number of aliphatic hydroxyl groups excluding tert-OH is 4. The van der Waals surface area contributed by atoms with E-state index in [9.17, 15) is 30.0 Å². The van der Waals surface area contributed by atoms with Crippen LogP contribution in [-0.2, 0) is 52.5 Å². The van der Waals surface area contributed by atoms with E-state index in [2.05, 4.69) is 118 Å². The summed E-state index contributed by atoms with van der Waals surface area (Å²) in [6.07, 6.45) is 4.27. The van der Waals surface area contributed by atoms with Crippen LogP contribution in [-0.4, -0.2) is 156 Å². The topological polar surface area (TPSA) is 319 Å². The molecule has 21 nitrogen and oxygen atoms in total. The number of esters is 2. The van der Waals surface area contributed by atoms with Crippen LogP contribution in [0.4, 0.5) is 0 Å². The zero-order chi connectivity index (χ0) is 72.8. The van der Waals surface area contributed by atoms with E-state index in [0.29, 0.717) is 75.3 Å². The van der Waals surface area contributed by atoms with E-state index < -0.39 is 44.2 Å². The van der Waals surface area contributed by atoms with Crippen molar-refractivity contribution < 1.29 is 122 Å². The molecule has 15 atom stereocenters. The molecule has 6 aliphatic heterocycles. The monoisotopic (exact) mass is 1520 g/mol. The summed E-state index contributed by atoms with van der Waals surface area (Å²) in [7, 11) is -1.04. The molecule has 106 heavy (non-hydrogen) atoms. The molecule has 0 bridgehead atoms. The Morgan fingerprint density at radius 1 is 0.462 bits per heavy atom. The third-order valence-corrected chi connectivity index (χ3v) is 22.7. The quantitative estimate of drug-likeness (QED) is 0.0366. The number of rotatable bonds is 17. The van der Waals surface area contributed by atoms with Gasteiger partial charge in [-0.25, -0.2) is 0 Å². The minimum absolute atomic E-state index is 0. The maximum atomic E-state index is 12.0. The van der Waals surface area contributed by atoms with Crippen molar-refractivity contribution in [3.8, 4) is 34.5 Å². The summed E-state index contributed by atoms with van der Waals surface area (Å²) in [5.41, 5.74) is 12.6. The van der Waals surface area contributed by atoms with Gasteiger partial charge in [-0.05, 0) is 191 Å². The first-order valence-electron chi connectivity index (χ1n) is 37.2. The Kier molecular flexibility index (Phi) is 30.0. The van der Waals surface area contributed by atoms with Crippen molar-refractivity contribution in [2.45, 2.75) is 211 Å². The van der Waals surface area contributed by atoms with Crippen LogP contribution in [0.1, 0.15) is 198 Å². The molecule has 0 amide bonds. The van der Waals surface area contributed by atoms with Crippen LogP contribution < -0.4 is 47.3 Å². The van der Waals surface area contributed by atoms with Crippen LogP contribution in [0.3, 0.4) is 0 Å². The molecule has 4 unspecified atom stereocenters. The van der Waals surface area contributed by atoms with E-state index in [1.165, 1.54) is 48.9 Å². The van der Waals surface area contributed by atoms with Gasteiger partial charge in [0.05, 0.1) is 18.8 Å². The maximum Gasteiger partial charge on any atom is 1.00 e. The minimum atomic E-state index is -1.39. The van der Waals surface area contributed by atoms with E-state index in [-0.39, 0.29) is 96.0 Å². The third-order valence-electron chi connectivity index (χ3n) is 21.9. The molecule has 0 spiro atoms. The molecular formula is C82H105BBrLiO21. The van der Waals surface area contributed by atoms with E-state index in [1.54, 1.807) is 0 Å². The fourth-order valence-corrected chi connectivity index (χ4v) is 15.6. The Balaban J connectivity index is 0.000000174.